The maximum absolute atomic E-state index is 13.2. The van der Waals surface area contributed by atoms with Crippen molar-refractivity contribution in [3.05, 3.63) is 29.8 Å². The van der Waals surface area contributed by atoms with Crippen LogP contribution in [-0.2, 0) is 10.0 Å². The van der Waals surface area contributed by atoms with Gasteiger partial charge in [0.1, 0.15) is 11.6 Å². The van der Waals surface area contributed by atoms with Crippen LogP contribution in [0.2, 0.25) is 0 Å². The van der Waals surface area contributed by atoms with Crippen molar-refractivity contribution in [3.8, 4) is 0 Å². The molecule has 1 heterocycles. The van der Waals surface area contributed by atoms with Gasteiger partial charge in [-0.3, -0.25) is 0 Å². The molecule has 1 aromatic rings. The molecular formula is C13H19ClF2N2O2S. The lowest BCUT2D eigenvalue weighted by atomic mass is 9.96. The van der Waals surface area contributed by atoms with E-state index in [4.69, 9.17) is 5.73 Å². The fourth-order valence-corrected chi connectivity index (χ4v) is 4.14. The SMILES string of the molecule is Cl.NCCC1CCCN(S(=O)(=O)c2cc(F)cc(F)c2)C1. The fraction of sp³-hybridized carbons (Fsp3) is 0.538. The molecule has 1 saturated heterocycles. The first-order chi connectivity index (χ1) is 9.43. The highest BCUT2D eigenvalue weighted by atomic mass is 35.5. The van der Waals surface area contributed by atoms with Gasteiger partial charge < -0.3 is 5.73 Å². The Morgan fingerprint density at radius 1 is 1.24 bits per heavy atom. The average Bonchev–Trinajstić information content (AvgIpc) is 2.38. The minimum Gasteiger partial charge on any atom is -0.330 e. The van der Waals surface area contributed by atoms with E-state index in [0.29, 0.717) is 25.7 Å². The molecule has 0 bridgehead atoms. The van der Waals surface area contributed by atoms with Gasteiger partial charge in [0.25, 0.3) is 0 Å². The number of nitrogens with two attached hydrogens (primary N) is 1. The lowest BCUT2D eigenvalue weighted by molar-refractivity contribution is 0.258. The Morgan fingerprint density at radius 3 is 2.43 bits per heavy atom. The van der Waals surface area contributed by atoms with Crippen molar-refractivity contribution >= 4 is 22.4 Å². The predicted octanol–water partition coefficient (Wildman–Crippen LogP) is 2.14. The molecule has 1 atom stereocenters. The van der Waals surface area contributed by atoms with Crippen molar-refractivity contribution < 1.29 is 17.2 Å². The highest BCUT2D eigenvalue weighted by Crippen LogP contribution is 2.26. The summed E-state index contributed by atoms with van der Waals surface area (Å²) in [6, 6.07) is 2.36. The van der Waals surface area contributed by atoms with Crippen LogP contribution in [0.15, 0.2) is 23.1 Å². The topological polar surface area (TPSA) is 63.4 Å². The first-order valence-electron chi connectivity index (χ1n) is 6.60. The van der Waals surface area contributed by atoms with Crippen molar-refractivity contribution in [1.29, 1.82) is 0 Å². The van der Waals surface area contributed by atoms with Crippen LogP contribution in [0, 0.1) is 17.6 Å². The Labute approximate surface area is 129 Å². The van der Waals surface area contributed by atoms with E-state index < -0.39 is 21.7 Å². The highest BCUT2D eigenvalue weighted by molar-refractivity contribution is 7.89. The van der Waals surface area contributed by atoms with Crippen molar-refractivity contribution in [2.24, 2.45) is 11.7 Å². The molecule has 0 aliphatic carbocycles. The van der Waals surface area contributed by atoms with Crippen LogP contribution in [0.4, 0.5) is 8.78 Å². The van der Waals surface area contributed by atoms with Gasteiger partial charge in [0.2, 0.25) is 10.0 Å². The van der Waals surface area contributed by atoms with Crippen LogP contribution in [0.5, 0.6) is 0 Å². The van der Waals surface area contributed by atoms with E-state index >= 15 is 0 Å². The van der Waals surface area contributed by atoms with Crippen molar-refractivity contribution in [1.82, 2.24) is 4.31 Å². The summed E-state index contributed by atoms with van der Waals surface area (Å²) in [5.41, 5.74) is 5.50. The fourth-order valence-electron chi connectivity index (χ4n) is 2.54. The second-order valence-corrected chi connectivity index (χ2v) is 6.99. The molecule has 1 unspecified atom stereocenters. The minimum atomic E-state index is -3.85. The van der Waals surface area contributed by atoms with Gasteiger partial charge in [-0.15, -0.1) is 12.4 Å². The lowest BCUT2D eigenvalue weighted by Crippen LogP contribution is -2.40. The van der Waals surface area contributed by atoms with Gasteiger partial charge in [-0.25, -0.2) is 17.2 Å². The van der Waals surface area contributed by atoms with Crippen LogP contribution in [0.1, 0.15) is 19.3 Å². The number of nitrogens with zero attached hydrogens (tertiary/aromatic N) is 1. The largest absolute Gasteiger partial charge is 0.330 e. The first-order valence-corrected chi connectivity index (χ1v) is 8.04. The van der Waals surface area contributed by atoms with Gasteiger partial charge >= 0.3 is 0 Å². The van der Waals surface area contributed by atoms with Gasteiger partial charge in [-0.1, -0.05) is 0 Å². The Balaban J connectivity index is 0.00000220. The van der Waals surface area contributed by atoms with Crippen LogP contribution in [0.25, 0.3) is 0 Å². The number of sulfonamides is 1. The minimum absolute atomic E-state index is 0. The maximum Gasteiger partial charge on any atom is 0.243 e. The third-order valence-electron chi connectivity index (χ3n) is 3.53. The number of benzene rings is 1. The summed E-state index contributed by atoms with van der Waals surface area (Å²) in [5, 5.41) is 0. The van der Waals surface area contributed by atoms with Crippen molar-refractivity contribution in [2.45, 2.75) is 24.2 Å². The zero-order valence-electron chi connectivity index (χ0n) is 11.5. The molecule has 0 aromatic heterocycles. The molecule has 0 radical (unpaired) electrons. The zero-order chi connectivity index (χ0) is 14.8. The summed E-state index contributed by atoms with van der Waals surface area (Å²) in [6.07, 6.45) is 2.42. The monoisotopic (exact) mass is 340 g/mol. The second kappa shape index (κ2) is 7.49. The van der Waals surface area contributed by atoms with Crippen LogP contribution < -0.4 is 5.73 Å². The predicted molar refractivity (Wildman–Crippen MR) is 78.8 cm³/mol. The summed E-state index contributed by atoms with van der Waals surface area (Å²) in [5.74, 6) is -1.57. The van der Waals surface area contributed by atoms with Crippen LogP contribution in [0.3, 0.4) is 0 Å². The van der Waals surface area contributed by atoms with Crippen molar-refractivity contribution in [3.63, 3.8) is 0 Å². The molecular weight excluding hydrogens is 322 g/mol. The summed E-state index contributed by atoms with van der Waals surface area (Å²) >= 11 is 0. The lowest BCUT2D eigenvalue weighted by Gasteiger charge is -2.31. The number of hydrogen-bond donors (Lipinski definition) is 1. The summed E-state index contributed by atoms with van der Waals surface area (Å²) in [7, 11) is -3.85. The third kappa shape index (κ3) is 4.35. The molecule has 21 heavy (non-hydrogen) atoms. The van der Waals surface area contributed by atoms with Crippen molar-refractivity contribution in [2.75, 3.05) is 19.6 Å². The molecule has 1 aliphatic rings. The van der Waals surface area contributed by atoms with E-state index in [1.165, 1.54) is 4.31 Å². The van der Waals surface area contributed by atoms with Gasteiger partial charge in [0, 0.05) is 19.2 Å². The van der Waals surface area contributed by atoms with E-state index in [1.807, 2.05) is 0 Å². The van der Waals surface area contributed by atoms with Crippen LogP contribution >= 0.6 is 12.4 Å². The molecule has 0 amide bonds. The average molecular weight is 341 g/mol. The van der Waals surface area contributed by atoms with Gasteiger partial charge in [-0.05, 0) is 43.9 Å². The molecule has 2 rings (SSSR count). The molecule has 8 heteroatoms. The Morgan fingerprint density at radius 2 is 1.86 bits per heavy atom. The Kier molecular flexibility index (Phi) is 6.52. The molecule has 2 N–H and O–H groups in total. The summed E-state index contributed by atoms with van der Waals surface area (Å²) < 4.78 is 52.5. The molecule has 1 fully saturated rings. The normalized spacial score (nSPS) is 20.0. The molecule has 1 aliphatic heterocycles. The molecule has 0 spiro atoms. The number of halogens is 3. The van der Waals surface area contributed by atoms with Gasteiger partial charge in [0.05, 0.1) is 4.90 Å². The van der Waals surface area contributed by atoms with E-state index in [9.17, 15) is 17.2 Å². The first kappa shape index (κ1) is 18.3. The van der Waals surface area contributed by atoms with E-state index in [2.05, 4.69) is 0 Å². The maximum atomic E-state index is 13.2. The number of hydrogen-bond acceptors (Lipinski definition) is 3. The quantitative estimate of drug-likeness (QED) is 0.913. The molecule has 4 nitrogen and oxygen atoms in total. The number of piperidine rings is 1. The highest BCUT2D eigenvalue weighted by Gasteiger charge is 2.30. The van der Waals surface area contributed by atoms with Gasteiger partial charge in [0.15, 0.2) is 0 Å². The zero-order valence-corrected chi connectivity index (χ0v) is 13.1. The molecule has 120 valence electrons. The Hall–Kier alpha value is -0.760. The van der Waals surface area contributed by atoms with E-state index in [0.717, 1.165) is 31.4 Å². The standard InChI is InChI=1S/C13H18F2N2O2S.ClH/c14-11-6-12(15)8-13(7-11)20(18,19)17-5-1-2-10(9-17)3-4-16;/h6-8,10H,1-5,9,16H2;1H. The van der Waals surface area contributed by atoms with Gasteiger partial charge in [-0.2, -0.15) is 4.31 Å². The summed E-state index contributed by atoms with van der Waals surface area (Å²) in [4.78, 5) is -0.330. The molecule has 1 aromatic carbocycles. The van der Waals surface area contributed by atoms with E-state index in [-0.39, 0.29) is 23.2 Å². The Bertz CT molecular complexity index is 561. The number of rotatable bonds is 4. The van der Waals surface area contributed by atoms with Crippen LogP contribution in [-0.4, -0.2) is 32.4 Å². The third-order valence-corrected chi connectivity index (χ3v) is 5.37. The summed E-state index contributed by atoms with van der Waals surface area (Å²) in [6.45, 7) is 1.24. The second-order valence-electron chi connectivity index (χ2n) is 5.05. The smallest absolute Gasteiger partial charge is 0.243 e. The molecule has 0 saturated carbocycles. The van der Waals surface area contributed by atoms with E-state index in [1.54, 1.807) is 0 Å².